The molecule has 4 aromatic heterocycles. The maximum atomic E-state index is 14.7. The van der Waals surface area contributed by atoms with Crippen LogP contribution in [-0.4, -0.2) is 66.3 Å². The summed E-state index contributed by atoms with van der Waals surface area (Å²) in [7, 11) is 1.57. The summed E-state index contributed by atoms with van der Waals surface area (Å²) in [6.07, 6.45) is 0.999. The van der Waals surface area contributed by atoms with E-state index in [1.807, 2.05) is 37.3 Å². The molecule has 0 spiro atoms. The Balaban J connectivity index is 1.28. The van der Waals surface area contributed by atoms with Gasteiger partial charge in [-0.3, -0.25) is 19.1 Å². The van der Waals surface area contributed by atoms with Crippen molar-refractivity contribution in [3.63, 3.8) is 0 Å². The van der Waals surface area contributed by atoms with Crippen molar-refractivity contribution in [2.45, 2.75) is 13.1 Å². The minimum atomic E-state index is -4.71. The van der Waals surface area contributed by atoms with Gasteiger partial charge < -0.3 is 14.9 Å². The number of alkyl halides is 3. The van der Waals surface area contributed by atoms with Gasteiger partial charge in [-0.1, -0.05) is 12.1 Å². The Morgan fingerprint density at radius 3 is 2.19 bits per heavy atom. The van der Waals surface area contributed by atoms with E-state index in [1.165, 1.54) is 33.7 Å². The number of aromatic nitrogens is 6. The molecule has 1 fully saturated rings. The van der Waals surface area contributed by atoms with E-state index < -0.39 is 23.4 Å². The third-order valence-corrected chi connectivity index (χ3v) is 8.46. The Morgan fingerprint density at radius 2 is 1.53 bits per heavy atom. The first-order chi connectivity index (χ1) is 22.5. The lowest BCUT2D eigenvalue weighted by Gasteiger charge is -2.37. The van der Waals surface area contributed by atoms with E-state index in [-0.39, 0.29) is 30.0 Å². The zero-order valence-electron chi connectivity index (χ0n) is 25.2. The van der Waals surface area contributed by atoms with E-state index in [9.17, 15) is 22.8 Å². The number of piperazine rings is 1. The number of benzene rings is 2. The summed E-state index contributed by atoms with van der Waals surface area (Å²) in [6.45, 7) is 3.03. The summed E-state index contributed by atoms with van der Waals surface area (Å²) in [5.41, 5.74) is 2.73. The van der Waals surface area contributed by atoms with Crippen molar-refractivity contribution >= 4 is 39.5 Å². The maximum Gasteiger partial charge on any atom is 0.418 e. The first kappa shape index (κ1) is 29.9. The normalized spacial score (nSPS) is 13.9. The second-order valence-electron chi connectivity index (χ2n) is 11.3. The van der Waals surface area contributed by atoms with E-state index in [0.717, 1.165) is 22.9 Å². The van der Waals surface area contributed by atoms with Gasteiger partial charge in [0.25, 0.3) is 0 Å². The number of pyridine rings is 2. The summed E-state index contributed by atoms with van der Waals surface area (Å²) in [5.74, 6) is -0.843. The monoisotopic (exact) mass is 640 g/mol. The van der Waals surface area contributed by atoms with E-state index in [2.05, 4.69) is 19.9 Å². The van der Waals surface area contributed by atoms with Crippen LogP contribution in [0.3, 0.4) is 0 Å². The highest BCUT2D eigenvalue weighted by Crippen LogP contribution is 2.39. The highest BCUT2D eigenvalue weighted by Gasteiger charge is 2.36. The van der Waals surface area contributed by atoms with Crippen molar-refractivity contribution in [1.29, 1.82) is 0 Å². The molecule has 0 amide bonds. The average Bonchev–Trinajstić information content (AvgIpc) is 3.33. The Bertz CT molecular complexity index is 2220. The molecule has 11 nitrogen and oxygen atoms in total. The second kappa shape index (κ2) is 11.2. The zero-order chi connectivity index (χ0) is 33.0. The number of halogens is 3. The Kier molecular flexibility index (Phi) is 7.14. The number of hydrogen-bond acceptors (Lipinski definition) is 8. The van der Waals surface area contributed by atoms with Crippen molar-refractivity contribution in [2.24, 2.45) is 7.05 Å². The molecule has 0 aliphatic carbocycles. The number of anilines is 2. The molecule has 0 saturated carbocycles. The van der Waals surface area contributed by atoms with Crippen LogP contribution in [0.25, 0.3) is 38.8 Å². The van der Waals surface area contributed by atoms with Crippen LogP contribution < -0.4 is 15.5 Å². The molecule has 1 aliphatic heterocycles. The standard InChI is InChI=1S/C33H27F3N8O3/c1-19-3-4-21(15-37-19)20-5-7-26-24(13-20)29-28(18-38-26)41(2)32(47)44(29)23-6-8-27(25(14-23)33(34,35)36)42-9-11-43(12-10-42)31-39-16-22(17-40-31)30(45)46/h3-8,13-18H,9-12H2,1-2H3,(H,45,46). The molecule has 7 rings (SSSR count). The molecule has 6 aromatic rings. The molecule has 14 heteroatoms. The molecule has 1 saturated heterocycles. The van der Waals surface area contributed by atoms with Crippen LogP contribution in [0.2, 0.25) is 0 Å². The number of imidazole rings is 1. The average molecular weight is 641 g/mol. The highest BCUT2D eigenvalue weighted by molar-refractivity contribution is 6.04. The van der Waals surface area contributed by atoms with Crippen LogP contribution in [0.1, 0.15) is 21.6 Å². The van der Waals surface area contributed by atoms with E-state index in [4.69, 9.17) is 5.11 Å². The second-order valence-corrected chi connectivity index (χ2v) is 11.3. The molecule has 0 radical (unpaired) electrons. The van der Waals surface area contributed by atoms with Gasteiger partial charge in [0.1, 0.15) is 0 Å². The summed E-state index contributed by atoms with van der Waals surface area (Å²) < 4.78 is 46.7. The molecule has 238 valence electrons. The molecular weight excluding hydrogens is 613 g/mol. The van der Waals surface area contributed by atoms with Crippen LogP contribution in [0, 0.1) is 6.92 Å². The molecule has 0 unspecified atom stereocenters. The fraction of sp³-hybridized carbons (Fsp3) is 0.212. The third kappa shape index (κ3) is 5.30. The molecule has 47 heavy (non-hydrogen) atoms. The van der Waals surface area contributed by atoms with Gasteiger partial charge in [-0.15, -0.1) is 0 Å². The predicted molar refractivity (Wildman–Crippen MR) is 170 cm³/mol. The number of hydrogen-bond donors (Lipinski definition) is 1. The maximum absolute atomic E-state index is 14.7. The van der Waals surface area contributed by atoms with Crippen LogP contribution >= 0.6 is 0 Å². The van der Waals surface area contributed by atoms with Gasteiger partial charge in [-0.25, -0.2) is 19.6 Å². The minimum absolute atomic E-state index is 0.00277. The van der Waals surface area contributed by atoms with Gasteiger partial charge in [0.15, 0.2) is 0 Å². The number of carboxylic acids is 1. The van der Waals surface area contributed by atoms with Gasteiger partial charge >= 0.3 is 17.8 Å². The molecule has 1 N–H and O–H groups in total. The van der Waals surface area contributed by atoms with Gasteiger partial charge in [0.2, 0.25) is 5.95 Å². The number of aromatic carboxylic acids is 1. The van der Waals surface area contributed by atoms with E-state index in [0.29, 0.717) is 41.0 Å². The number of fused-ring (bicyclic) bond motifs is 3. The summed E-state index contributed by atoms with van der Waals surface area (Å²) in [5, 5.41) is 9.71. The van der Waals surface area contributed by atoms with Gasteiger partial charge in [0, 0.05) is 74.1 Å². The molecule has 1 aliphatic rings. The third-order valence-electron chi connectivity index (χ3n) is 8.46. The summed E-state index contributed by atoms with van der Waals surface area (Å²) in [4.78, 5) is 45.3. The van der Waals surface area contributed by atoms with Crippen LogP contribution in [0.5, 0.6) is 0 Å². The summed E-state index contributed by atoms with van der Waals surface area (Å²) >= 11 is 0. The van der Waals surface area contributed by atoms with Crippen LogP contribution in [0.15, 0.2) is 78.1 Å². The van der Waals surface area contributed by atoms with Crippen molar-refractivity contribution in [2.75, 3.05) is 36.0 Å². The van der Waals surface area contributed by atoms with Crippen molar-refractivity contribution in [1.82, 2.24) is 29.1 Å². The lowest BCUT2D eigenvalue weighted by molar-refractivity contribution is -0.137. The fourth-order valence-electron chi connectivity index (χ4n) is 5.96. The lowest BCUT2D eigenvalue weighted by atomic mass is 10.0. The Labute approximate surface area is 265 Å². The number of carbonyl (C=O) groups is 1. The fourth-order valence-corrected chi connectivity index (χ4v) is 5.96. The van der Waals surface area contributed by atoms with Crippen molar-refractivity contribution in [3.05, 3.63) is 101 Å². The Morgan fingerprint density at radius 1 is 0.830 bits per heavy atom. The van der Waals surface area contributed by atoms with Crippen LogP contribution in [-0.2, 0) is 13.2 Å². The molecule has 0 atom stereocenters. The molecule has 5 heterocycles. The highest BCUT2D eigenvalue weighted by atomic mass is 19.4. The van der Waals surface area contributed by atoms with Gasteiger partial charge in [-0.2, -0.15) is 13.2 Å². The number of carboxylic acid groups (broad SMARTS) is 1. The van der Waals surface area contributed by atoms with E-state index in [1.54, 1.807) is 29.2 Å². The molecule has 0 bridgehead atoms. The number of aryl methyl sites for hydroxylation is 2. The number of nitrogens with zero attached hydrogens (tertiary/aromatic N) is 8. The SMILES string of the molecule is Cc1ccc(-c2ccc3ncc4c(c3c2)n(-c2ccc(N3CCN(c5ncc(C(=O)O)cn5)CC3)c(C(F)(F)F)c2)c(=O)n4C)cn1. The van der Waals surface area contributed by atoms with Crippen LogP contribution in [0.4, 0.5) is 24.8 Å². The quantitative estimate of drug-likeness (QED) is 0.275. The molecular formula is C33H27F3N8O3. The topological polar surface area (TPSA) is 122 Å². The van der Waals surface area contributed by atoms with Gasteiger partial charge in [-0.05, 0) is 48.9 Å². The molecule has 2 aromatic carbocycles. The first-order valence-corrected chi connectivity index (χ1v) is 14.7. The largest absolute Gasteiger partial charge is 0.478 e. The lowest BCUT2D eigenvalue weighted by Crippen LogP contribution is -2.47. The Hall–Kier alpha value is -5.79. The first-order valence-electron chi connectivity index (χ1n) is 14.7. The minimum Gasteiger partial charge on any atom is -0.478 e. The van der Waals surface area contributed by atoms with Gasteiger partial charge in [0.05, 0.1) is 39.6 Å². The smallest absolute Gasteiger partial charge is 0.418 e. The van der Waals surface area contributed by atoms with E-state index >= 15 is 0 Å². The number of rotatable bonds is 5. The van der Waals surface area contributed by atoms with Crippen molar-refractivity contribution in [3.8, 4) is 16.8 Å². The predicted octanol–water partition coefficient (Wildman–Crippen LogP) is 5.08. The summed E-state index contributed by atoms with van der Waals surface area (Å²) in [6, 6.07) is 13.4. The zero-order valence-corrected chi connectivity index (χ0v) is 25.2. The van der Waals surface area contributed by atoms with Crippen molar-refractivity contribution < 1.29 is 23.1 Å².